The number of nitriles is 1. The maximum Gasteiger partial charge on any atom is 0.311 e. The van der Waals surface area contributed by atoms with E-state index >= 15 is 0 Å². The van der Waals surface area contributed by atoms with E-state index in [2.05, 4.69) is 26.1 Å². The molecular weight excluding hydrogens is 442 g/mol. The fraction of sp³-hybridized carbons (Fsp3) is 0.263. The van der Waals surface area contributed by atoms with Crippen molar-refractivity contribution in [3.05, 3.63) is 50.9 Å². The summed E-state index contributed by atoms with van der Waals surface area (Å²) in [5.74, 6) is -1.04. The first kappa shape index (κ1) is 19.0. The molecule has 148 valence electrons. The Morgan fingerprint density at radius 1 is 1.52 bits per heavy atom. The number of anilines is 1. The molecule has 9 nitrogen and oxygen atoms in total. The van der Waals surface area contributed by atoms with Gasteiger partial charge in [0, 0.05) is 22.8 Å². The van der Waals surface area contributed by atoms with Gasteiger partial charge in [0.05, 0.1) is 24.3 Å². The van der Waals surface area contributed by atoms with Gasteiger partial charge < -0.3 is 20.1 Å². The number of rotatable bonds is 3. The number of aromatic amines is 1. The molecule has 1 amide bonds. The molecule has 4 rings (SSSR count). The summed E-state index contributed by atoms with van der Waals surface area (Å²) >= 11 is 3.43. The van der Waals surface area contributed by atoms with E-state index in [9.17, 15) is 14.9 Å². The van der Waals surface area contributed by atoms with Crippen LogP contribution in [0.3, 0.4) is 0 Å². The van der Waals surface area contributed by atoms with Crippen molar-refractivity contribution in [2.45, 2.75) is 18.8 Å². The van der Waals surface area contributed by atoms with Crippen molar-refractivity contribution in [3.63, 3.8) is 0 Å². The molecule has 2 aromatic rings. The average Bonchev–Trinajstić information content (AvgIpc) is 3.16. The summed E-state index contributed by atoms with van der Waals surface area (Å²) < 4.78 is 11.3. The van der Waals surface area contributed by atoms with Crippen LogP contribution in [0.2, 0.25) is 0 Å². The summed E-state index contributed by atoms with van der Waals surface area (Å²) in [5, 5.41) is 16.8. The van der Waals surface area contributed by atoms with Gasteiger partial charge in [0.2, 0.25) is 17.7 Å². The van der Waals surface area contributed by atoms with Crippen molar-refractivity contribution < 1.29 is 19.1 Å². The van der Waals surface area contributed by atoms with Crippen molar-refractivity contribution in [3.8, 4) is 11.9 Å². The molecule has 0 fully saturated rings. The third kappa shape index (κ3) is 2.47. The van der Waals surface area contributed by atoms with Crippen LogP contribution in [0, 0.1) is 11.3 Å². The summed E-state index contributed by atoms with van der Waals surface area (Å²) in [6, 6.07) is 7.38. The third-order valence-electron chi connectivity index (χ3n) is 5.10. The number of esters is 1. The summed E-state index contributed by atoms with van der Waals surface area (Å²) in [7, 11) is 1.62. The number of carbonyl (C=O) groups is 2. The number of halogens is 1. The molecule has 29 heavy (non-hydrogen) atoms. The van der Waals surface area contributed by atoms with E-state index in [1.807, 2.05) is 6.07 Å². The van der Waals surface area contributed by atoms with Crippen LogP contribution >= 0.6 is 15.9 Å². The Labute approximate surface area is 174 Å². The molecule has 0 unspecified atom stereocenters. The Morgan fingerprint density at radius 2 is 2.28 bits per heavy atom. The Hall–Kier alpha value is -3.32. The van der Waals surface area contributed by atoms with Gasteiger partial charge in [0.25, 0.3) is 0 Å². The summed E-state index contributed by atoms with van der Waals surface area (Å²) in [6.45, 7) is 1.91. The Morgan fingerprint density at radius 3 is 2.97 bits per heavy atom. The lowest BCUT2D eigenvalue weighted by Gasteiger charge is -2.32. The number of ether oxygens (including phenoxy) is 2. The van der Waals surface area contributed by atoms with Crippen LogP contribution < -0.4 is 15.4 Å². The van der Waals surface area contributed by atoms with E-state index in [1.54, 1.807) is 32.2 Å². The third-order valence-corrected chi connectivity index (χ3v) is 5.59. The Bertz CT molecular complexity index is 1130. The molecule has 0 saturated carbocycles. The van der Waals surface area contributed by atoms with Gasteiger partial charge in [-0.25, -0.2) is 0 Å². The quantitative estimate of drug-likeness (QED) is 0.668. The van der Waals surface area contributed by atoms with Crippen molar-refractivity contribution in [1.29, 1.82) is 5.26 Å². The van der Waals surface area contributed by atoms with E-state index < -0.39 is 11.4 Å². The number of carbonyl (C=O) groups excluding carboxylic acids is 2. The van der Waals surface area contributed by atoms with Crippen LogP contribution in [-0.2, 0) is 26.2 Å². The minimum atomic E-state index is -1.57. The maximum atomic E-state index is 13.6. The second-order valence-electron chi connectivity index (χ2n) is 6.59. The highest BCUT2D eigenvalue weighted by molar-refractivity contribution is 9.10. The first-order valence-corrected chi connectivity index (χ1v) is 9.55. The van der Waals surface area contributed by atoms with Crippen molar-refractivity contribution in [1.82, 2.24) is 10.2 Å². The first-order chi connectivity index (χ1) is 13.9. The molecule has 2 aliphatic rings. The average molecular weight is 458 g/mol. The number of amides is 1. The number of nitrogens with zero attached hydrogens (tertiary/aromatic N) is 3. The number of nitrogens with two attached hydrogens (primary N) is 1. The van der Waals surface area contributed by atoms with Gasteiger partial charge >= 0.3 is 5.97 Å². The van der Waals surface area contributed by atoms with Gasteiger partial charge in [-0.2, -0.15) is 5.26 Å². The Balaban J connectivity index is 2.05. The van der Waals surface area contributed by atoms with E-state index in [0.717, 1.165) is 4.47 Å². The van der Waals surface area contributed by atoms with Gasteiger partial charge in [0.15, 0.2) is 0 Å². The van der Waals surface area contributed by atoms with E-state index in [0.29, 0.717) is 22.5 Å². The lowest BCUT2D eigenvalue weighted by molar-refractivity contribution is -0.142. The molecule has 0 bridgehead atoms. The lowest BCUT2D eigenvalue weighted by Crippen LogP contribution is -2.45. The molecule has 1 atom stereocenters. The zero-order valence-corrected chi connectivity index (χ0v) is 17.2. The topological polar surface area (TPSA) is 134 Å². The molecule has 3 N–H and O–H groups in total. The number of likely N-dealkylation sites (N-methyl/N-ethyl adjacent to an activating group) is 1. The number of aromatic nitrogens is 2. The first-order valence-electron chi connectivity index (χ1n) is 8.75. The zero-order chi connectivity index (χ0) is 20.9. The molecule has 1 aromatic carbocycles. The minimum Gasteiger partial charge on any atom is -0.466 e. The van der Waals surface area contributed by atoms with Gasteiger partial charge in [-0.1, -0.05) is 15.9 Å². The number of hydrogen-bond acceptors (Lipinski definition) is 7. The summed E-state index contributed by atoms with van der Waals surface area (Å²) in [5.41, 5.74) is 6.20. The number of nitrogens with one attached hydrogen (secondary N) is 1. The van der Waals surface area contributed by atoms with Crippen molar-refractivity contribution in [2.75, 3.05) is 18.6 Å². The molecule has 0 radical (unpaired) electrons. The monoisotopic (exact) mass is 457 g/mol. The standard InChI is InChI=1S/C19H16BrN5O4/c1-3-28-14(26)7-12-15-17(24-23-12)29-16(22)11(8-21)19(15)10-6-9(20)4-5-13(10)25(2)18(19)27/h4-6H,3,7,22H2,1-2H3,(H,23,24)/t19-/m1/s1. The fourth-order valence-electron chi connectivity index (χ4n) is 3.97. The Kier molecular flexibility index (Phi) is 4.35. The van der Waals surface area contributed by atoms with Crippen LogP contribution in [0.1, 0.15) is 23.7 Å². The molecule has 3 heterocycles. The highest BCUT2D eigenvalue weighted by atomic mass is 79.9. The molecule has 1 spiro atoms. The predicted octanol–water partition coefficient (Wildman–Crippen LogP) is 1.63. The predicted molar refractivity (Wildman–Crippen MR) is 105 cm³/mol. The summed E-state index contributed by atoms with van der Waals surface area (Å²) in [6.07, 6.45) is -0.166. The highest BCUT2D eigenvalue weighted by Crippen LogP contribution is 2.55. The molecule has 0 saturated heterocycles. The molecule has 1 aromatic heterocycles. The van der Waals surface area contributed by atoms with E-state index in [-0.39, 0.29) is 36.3 Å². The second kappa shape index (κ2) is 6.63. The highest BCUT2D eigenvalue weighted by Gasteiger charge is 2.60. The van der Waals surface area contributed by atoms with Gasteiger partial charge in [0.1, 0.15) is 17.1 Å². The number of fused-ring (bicyclic) bond motifs is 4. The number of hydrogen-bond donors (Lipinski definition) is 2. The number of H-pyrrole nitrogens is 1. The van der Waals surface area contributed by atoms with E-state index in [1.165, 1.54) is 4.90 Å². The largest absolute Gasteiger partial charge is 0.466 e. The smallest absolute Gasteiger partial charge is 0.311 e. The minimum absolute atomic E-state index is 0.0507. The van der Waals surface area contributed by atoms with Crippen LogP contribution in [0.15, 0.2) is 34.1 Å². The molecule has 10 heteroatoms. The van der Waals surface area contributed by atoms with Crippen LogP contribution in [0.25, 0.3) is 0 Å². The second-order valence-corrected chi connectivity index (χ2v) is 7.51. The van der Waals surface area contributed by atoms with Crippen molar-refractivity contribution >= 4 is 33.5 Å². The number of benzene rings is 1. The van der Waals surface area contributed by atoms with Crippen LogP contribution in [0.5, 0.6) is 5.88 Å². The van der Waals surface area contributed by atoms with Crippen LogP contribution in [0.4, 0.5) is 5.69 Å². The van der Waals surface area contributed by atoms with Crippen molar-refractivity contribution in [2.24, 2.45) is 5.73 Å². The van der Waals surface area contributed by atoms with Gasteiger partial charge in [-0.05, 0) is 25.1 Å². The lowest BCUT2D eigenvalue weighted by atomic mass is 9.69. The zero-order valence-electron chi connectivity index (χ0n) is 15.6. The molecule has 2 aliphatic heterocycles. The van der Waals surface area contributed by atoms with Gasteiger partial charge in [-0.3, -0.25) is 14.7 Å². The van der Waals surface area contributed by atoms with E-state index in [4.69, 9.17) is 15.2 Å². The fourth-order valence-corrected chi connectivity index (χ4v) is 4.33. The molecule has 0 aliphatic carbocycles. The SMILES string of the molecule is CCOC(=O)Cc1[nH]nc2c1[C@]1(C(=O)N(C)c3ccc(Br)cc31)C(C#N)=C(N)O2. The summed E-state index contributed by atoms with van der Waals surface area (Å²) in [4.78, 5) is 27.3. The normalized spacial score (nSPS) is 19.7. The molecular formula is C19H16BrN5O4. The van der Waals surface area contributed by atoms with Crippen LogP contribution in [-0.4, -0.2) is 35.7 Å². The maximum absolute atomic E-state index is 13.6. The van der Waals surface area contributed by atoms with Gasteiger partial charge in [-0.15, -0.1) is 5.10 Å².